The lowest BCUT2D eigenvalue weighted by molar-refractivity contribution is -0.135. The molecule has 18 heavy (non-hydrogen) atoms. The number of amides is 1. The minimum Gasteiger partial charge on any atom is -0.385 e. The summed E-state index contributed by atoms with van der Waals surface area (Å²) in [5.41, 5.74) is -0.388. The first-order valence-electron chi connectivity index (χ1n) is 7.09. The fourth-order valence-electron chi connectivity index (χ4n) is 2.60. The molecule has 0 aromatic carbocycles. The summed E-state index contributed by atoms with van der Waals surface area (Å²) in [6, 6.07) is 0.231. The first kappa shape index (κ1) is 15.4. The summed E-state index contributed by atoms with van der Waals surface area (Å²) in [6.07, 6.45) is 4.00. The molecule has 0 radical (unpaired) electrons. The van der Waals surface area contributed by atoms with E-state index < -0.39 is 0 Å². The molecule has 1 aliphatic heterocycles. The van der Waals surface area contributed by atoms with Crippen LogP contribution in [-0.2, 0) is 9.53 Å². The Hall–Kier alpha value is -0.610. The first-order chi connectivity index (χ1) is 8.50. The van der Waals surface area contributed by atoms with Gasteiger partial charge in [-0.05, 0) is 33.1 Å². The van der Waals surface area contributed by atoms with Crippen LogP contribution in [0.4, 0.5) is 0 Å². The Morgan fingerprint density at radius 2 is 2.17 bits per heavy atom. The number of ether oxygens (including phenoxy) is 1. The van der Waals surface area contributed by atoms with Crippen molar-refractivity contribution in [3.8, 4) is 0 Å². The van der Waals surface area contributed by atoms with Gasteiger partial charge in [-0.2, -0.15) is 0 Å². The van der Waals surface area contributed by atoms with E-state index in [0.717, 1.165) is 25.7 Å². The number of nitrogens with zero attached hydrogens (tertiary/aromatic N) is 1. The standard InChI is InChI=1S/C14H28N2O2/c1-6-8-12-15-14(4,7-2)13(17)16(12)11(3)9-10-18-5/h11-12,15H,6-10H2,1-5H3. The van der Waals surface area contributed by atoms with Crippen molar-refractivity contribution in [2.24, 2.45) is 0 Å². The van der Waals surface area contributed by atoms with Crippen LogP contribution in [0.2, 0.25) is 0 Å². The van der Waals surface area contributed by atoms with E-state index in [9.17, 15) is 4.79 Å². The summed E-state index contributed by atoms with van der Waals surface area (Å²) in [7, 11) is 1.70. The SMILES string of the molecule is CCCC1NC(C)(CC)C(=O)N1C(C)CCOC. The third kappa shape index (κ3) is 3.04. The molecule has 4 heteroatoms. The molecule has 0 bridgehead atoms. The molecule has 0 saturated carbocycles. The van der Waals surface area contributed by atoms with Gasteiger partial charge in [0, 0.05) is 19.8 Å². The zero-order chi connectivity index (χ0) is 13.8. The van der Waals surface area contributed by atoms with E-state index in [-0.39, 0.29) is 23.7 Å². The number of methoxy groups -OCH3 is 1. The summed E-state index contributed by atoms with van der Waals surface area (Å²) in [5.74, 6) is 0.243. The predicted molar refractivity (Wildman–Crippen MR) is 73.3 cm³/mol. The van der Waals surface area contributed by atoms with Crippen LogP contribution in [0.15, 0.2) is 0 Å². The topological polar surface area (TPSA) is 41.6 Å². The van der Waals surface area contributed by atoms with Crippen molar-refractivity contribution in [2.75, 3.05) is 13.7 Å². The lowest BCUT2D eigenvalue weighted by atomic mass is 9.99. The van der Waals surface area contributed by atoms with Crippen molar-refractivity contribution in [1.29, 1.82) is 0 Å². The largest absolute Gasteiger partial charge is 0.385 e. The van der Waals surface area contributed by atoms with Gasteiger partial charge in [-0.3, -0.25) is 10.1 Å². The highest BCUT2D eigenvalue weighted by atomic mass is 16.5. The second-order valence-corrected chi connectivity index (χ2v) is 5.48. The zero-order valence-corrected chi connectivity index (χ0v) is 12.5. The van der Waals surface area contributed by atoms with E-state index in [1.807, 2.05) is 11.8 Å². The van der Waals surface area contributed by atoms with Crippen molar-refractivity contribution in [3.05, 3.63) is 0 Å². The van der Waals surface area contributed by atoms with Crippen molar-refractivity contribution < 1.29 is 9.53 Å². The van der Waals surface area contributed by atoms with E-state index >= 15 is 0 Å². The van der Waals surface area contributed by atoms with Gasteiger partial charge in [-0.1, -0.05) is 20.3 Å². The molecule has 1 fully saturated rings. The van der Waals surface area contributed by atoms with Crippen molar-refractivity contribution in [3.63, 3.8) is 0 Å². The molecule has 1 aliphatic rings. The minimum atomic E-state index is -0.388. The lowest BCUT2D eigenvalue weighted by Crippen LogP contribution is -2.44. The number of carbonyl (C=O) groups is 1. The molecular formula is C14H28N2O2. The molecule has 3 atom stereocenters. The molecular weight excluding hydrogens is 228 g/mol. The van der Waals surface area contributed by atoms with Crippen molar-refractivity contribution in [2.45, 2.75) is 71.1 Å². The van der Waals surface area contributed by atoms with E-state index in [2.05, 4.69) is 26.1 Å². The molecule has 4 nitrogen and oxygen atoms in total. The molecule has 1 saturated heterocycles. The second kappa shape index (κ2) is 6.53. The summed E-state index contributed by atoms with van der Waals surface area (Å²) >= 11 is 0. The highest BCUT2D eigenvalue weighted by molar-refractivity contribution is 5.88. The van der Waals surface area contributed by atoms with E-state index in [0.29, 0.717) is 6.61 Å². The van der Waals surface area contributed by atoms with Crippen molar-refractivity contribution >= 4 is 5.91 Å². The maximum atomic E-state index is 12.6. The molecule has 1 N–H and O–H groups in total. The van der Waals surface area contributed by atoms with Gasteiger partial charge in [-0.25, -0.2) is 0 Å². The van der Waals surface area contributed by atoms with Gasteiger partial charge in [0.25, 0.3) is 0 Å². The van der Waals surface area contributed by atoms with Crippen LogP contribution in [0.1, 0.15) is 53.4 Å². The maximum Gasteiger partial charge on any atom is 0.244 e. The Bertz CT molecular complexity index is 283. The zero-order valence-electron chi connectivity index (χ0n) is 12.5. The van der Waals surface area contributed by atoms with Gasteiger partial charge in [0.05, 0.1) is 11.7 Å². The molecule has 1 heterocycles. The van der Waals surface area contributed by atoms with Crippen LogP contribution in [0.25, 0.3) is 0 Å². The third-order valence-electron chi connectivity index (χ3n) is 4.01. The summed E-state index contributed by atoms with van der Waals surface area (Å²) in [5, 5.41) is 3.51. The van der Waals surface area contributed by atoms with Gasteiger partial charge in [-0.15, -0.1) is 0 Å². The highest BCUT2D eigenvalue weighted by Gasteiger charge is 2.47. The van der Waals surface area contributed by atoms with Gasteiger partial charge in [0.1, 0.15) is 0 Å². The van der Waals surface area contributed by atoms with Crippen LogP contribution >= 0.6 is 0 Å². The van der Waals surface area contributed by atoms with Crippen LogP contribution in [0.5, 0.6) is 0 Å². The van der Waals surface area contributed by atoms with Gasteiger partial charge in [0.2, 0.25) is 5.91 Å². The Kier molecular flexibility index (Phi) is 5.60. The van der Waals surface area contributed by atoms with Crippen LogP contribution in [-0.4, -0.2) is 42.3 Å². The van der Waals surface area contributed by atoms with Gasteiger partial charge >= 0.3 is 0 Å². The minimum absolute atomic E-state index is 0.180. The Balaban J connectivity index is 2.80. The average molecular weight is 256 g/mol. The van der Waals surface area contributed by atoms with Crippen molar-refractivity contribution in [1.82, 2.24) is 10.2 Å². The molecule has 3 unspecified atom stereocenters. The van der Waals surface area contributed by atoms with Gasteiger partial charge in [0.15, 0.2) is 0 Å². The van der Waals surface area contributed by atoms with E-state index in [1.165, 1.54) is 0 Å². The molecule has 0 aromatic rings. The Morgan fingerprint density at radius 3 is 2.67 bits per heavy atom. The Morgan fingerprint density at radius 1 is 1.50 bits per heavy atom. The fraction of sp³-hybridized carbons (Fsp3) is 0.929. The molecule has 106 valence electrons. The number of hydrogen-bond donors (Lipinski definition) is 1. The highest BCUT2D eigenvalue weighted by Crippen LogP contribution is 2.28. The normalized spacial score (nSPS) is 29.9. The second-order valence-electron chi connectivity index (χ2n) is 5.48. The number of hydrogen-bond acceptors (Lipinski definition) is 3. The summed E-state index contributed by atoms with van der Waals surface area (Å²) in [4.78, 5) is 14.6. The molecule has 0 spiro atoms. The molecule has 0 aromatic heterocycles. The predicted octanol–water partition coefficient (Wildman–Crippen LogP) is 2.14. The third-order valence-corrected chi connectivity index (χ3v) is 4.01. The first-order valence-corrected chi connectivity index (χ1v) is 7.09. The quantitative estimate of drug-likeness (QED) is 0.759. The summed E-state index contributed by atoms with van der Waals surface area (Å²) < 4.78 is 5.12. The van der Waals surface area contributed by atoms with E-state index in [4.69, 9.17) is 4.74 Å². The maximum absolute atomic E-state index is 12.6. The monoisotopic (exact) mass is 256 g/mol. The number of rotatable bonds is 7. The average Bonchev–Trinajstić information content (AvgIpc) is 2.60. The fourth-order valence-corrected chi connectivity index (χ4v) is 2.60. The molecule has 1 rings (SSSR count). The Labute approximate surface area is 111 Å². The van der Waals surface area contributed by atoms with Crippen LogP contribution in [0, 0.1) is 0 Å². The number of nitrogens with one attached hydrogen (secondary N) is 1. The molecule has 0 aliphatic carbocycles. The van der Waals surface area contributed by atoms with Crippen LogP contribution in [0.3, 0.4) is 0 Å². The smallest absolute Gasteiger partial charge is 0.244 e. The van der Waals surface area contributed by atoms with Gasteiger partial charge < -0.3 is 9.64 Å². The molecule has 1 amide bonds. The van der Waals surface area contributed by atoms with Crippen LogP contribution < -0.4 is 5.32 Å². The number of carbonyl (C=O) groups excluding carboxylic acids is 1. The lowest BCUT2D eigenvalue weighted by Gasteiger charge is -2.30. The van der Waals surface area contributed by atoms with E-state index in [1.54, 1.807) is 7.11 Å². The summed E-state index contributed by atoms with van der Waals surface area (Å²) in [6.45, 7) is 9.05.